The van der Waals surface area contributed by atoms with Crippen molar-refractivity contribution in [2.75, 3.05) is 0 Å². The molecule has 2 atom stereocenters. The average molecular weight is 355 g/mol. The Morgan fingerprint density at radius 2 is 1.54 bits per heavy atom. The molecule has 26 heavy (non-hydrogen) atoms. The van der Waals surface area contributed by atoms with Gasteiger partial charge >= 0.3 is 0 Å². The van der Waals surface area contributed by atoms with E-state index in [0.717, 1.165) is 22.8 Å². The fraction of sp³-hybridized carbons (Fsp3) is 0.143. The number of halogens is 3. The third-order valence-corrected chi connectivity index (χ3v) is 4.61. The Hall–Kier alpha value is -2.79. The molecule has 0 spiro atoms. The van der Waals surface area contributed by atoms with Crippen molar-refractivity contribution in [3.05, 3.63) is 89.2 Å². The standard InChI is InChI=1S/C21H16F3NO/c22-16-11-18(24)17(23)10-15(16)21-19(25)9-14-8-13(6-7-20(14)26-21)12-4-2-1-3-5-12/h1-8,10-11,19,21H,9,25H2/t19-,21+/m1/s1. The van der Waals surface area contributed by atoms with Gasteiger partial charge in [0, 0.05) is 11.6 Å². The molecule has 0 saturated carbocycles. The average Bonchev–Trinajstić information content (AvgIpc) is 2.64. The molecule has 0 unspecified atom stereocenters. The quantitative estimate of drug-likeness (QED) is 0.672. The summed E-state index contributed by atoms with van der Waals surface area (Å²) in [5.74, 6) is -2.65. The maximum Gasteiger partial charge on any atom is 0.161 e. The van der Waals surface area contributed by atoms with Crippen molar-refractivity contribution in [3.8, 4) is 16.9 Å². The molecule has 0 amide bonds. The van der Waals surface area contributed by atoms with Crippen LogP contribution in [0, 0.1) is 17.5 Å². The number of hydrogen-bond donors (Lipinski definition) is 1. The van der Waals surface area contributed by atoms with Gasteiger partial charge in [-0.25, -0.2) is 13.2 Å². The molecular weight excluding hydrogens is 339 g/mol. The van der Waals surface area contributed by atoms with Gasteiger partial charge in [-0.2, -0.15) is 0 Å². The van der Waals surface area contributed by atoms with E-state index in [1.165, 1.54) is 0 Å². The molecule has 4 rings (SSSR count). The molecule has 0 bridgehead atoms. The smallest absolute Gasteiger partial charge is 0.161 e. The molecule has 132 valence electrons. The van der Waals surface area contributed by atoms with Crippen LogP contribution < -0.4 is 10.5 Å². The lowest BCUT2D eigenvalue weighted by atomic mass is 9.91. The zero-order valence-electron chi connectivity index (χ0n) is 13.8. The van der Waals surface area contributed by atoms with Gasteiger partial charge in [0.1, 0.15) is 17.7 Å². The van der Waals surface area contributed by atoms with Crippen molar-refractivity contribution in [2.45, 2.75) is 18.6 Å². The number of benzene rings is 3. The molecule has 2 N–H and O–H groups in total. The zero-order chi connectivity index (χ0) is 18.3. The Balaban J connectivity index is 1.68. The lowest BCUT2D eigenvalue weighted by Crippen LogP contribution is -2.38. The SMILES string of the molecule is N[C@@H]1Cc2cc(-c3ccccc3)ccc2O[C@H]1c1cc(F)c(F)cc1F. The first-order chi connectivity index (χ1) is 12.5. The summed E-state index contributed by atoms with van der Waals surface area (Å²) in [4.78, 5) is 0. The van der Waals surface area contributed by atoms with E-state index in [0.29, 0.717) is 18.2 Å². The summed E-state index contributed by atoms with van der Waals surface area (Å²) < 4.78 is 46.7. The Labute approximate surface area is 149 Å². The largest absolute Gasteiger partial charge is 0.484 e. The predicted molar refractivity (Wildman–Crippen MR) is 93.2 cm³/mol. The molecule has 0 aliphatic carbocycles. The highest BCUT2D eigenvalue weighted by atomic mass is 19.2. The number of fused-ring (bicyclic) bond motifs is 1. The molecule has 3 aromatic carbocycles. The molecule has 1 aliphatic rings. The van der Waals surface area contributed by atoms with Crippen LogP contribution in [-0.4, -0.2) is 6.04 Å². The number of rotatable bonds is 2. The van der Waals surface area contributed by atoms with E-state index in [1.54, 1.807) is 6.07 Å². The van der Waals surface area contributed by atoms with E-state index in [4.69, 9.17) is 10.5 Å². The minimum Gasteiger partial charge on any atom is -0.484 e. The van der Waals surface area contributed by atoms with Gasteiger partial charge in [0.25, 0.3) is 0 Å². The Morgan fingerprint density at radius 1 is 0.808 bits per heavy atom. The van der Waals surface area contributed by atoms with E-state index in [2.05, 4.69) is 0 Å². The molecule has 0 aromatic heterocycles. The van der Waals surface area contributed by atoms with Gasteiger partial charge in [-0.05, 0) is 41.3 Å². The summed E-state index contributed by atoms with van der Waals surface area (Å²) >= 11 is 0. The van der Waals surface area contributed by atoms with Crippen LogP contribution >= 0.6 is 0 Å². The molecular formula is C21H16F3NO. The van der Waals surface area contributed by atoms with Gasteiger partial charge in [0.15, 0.2) is 11.6 Å². The normalized spacial score (nSPS) is 18.9. The van der Waals surface area contributed by atoms with E-state index < -0.39 is 29.6 Å². The minimum absolute atomic E-state index is 0.0748. The third-order valence-electron chi connectivity index (χ3n) is 4.61. The second-order valence-corrected chi connectivity index (χ2v) is 6.38. The number of nitrogens with two attached hydrogens (primary N) is 1. The molecule has 5 heteroatoms. The number of ether oxygens (including phenoxy) is 1. The minimum atomic E-state index is -1.23. The third kappa shape index (κ3) is 2.95. The fourth-order valence-electron chi connectivity index (χ4n) is 3.30. The van der Waals surface area contributed by atoms with Gasteiger partial charge in [-0.1, -0.05) is 36.4 Å². The van der Waals surface area contributed by atoms with Crippen LogP contribution in [0.2, 0.25) is 0 Å². The lowest BCUT2D eigenvalue weighted by molar-refractivity contribution is 0.148. The van der Waals surface area contributed by atoms with E-state index in [1.807, 2.05) is 42.5 Å². The highest BCUT2D eigenvalue weighted by Crippen LogP contribution is 2.37. The second kappa shape index (κ2) is 6.50. The van der Waals surface area contributed by atoms with Crippen molar-refractivity contribution in [2.24, 2.45) is 5.73 Å². The van der Waals surface area contributed by atoms with Gasteiger partial charge < -0.3 is 10.5 Å². The van der Waals surface area contributed by atoms with Crippen molar-refractivity contribution in [3.63, 3.8) is 0 Å². The van der Waals surface area contributed by atoms with Crippen molar-refractivity contribution < 1.29 is 17.9 Å². The van der Waals surface area contributed by atoms with Gasteiger partial charge in [0.2, 0.25) is 0 Å². The molecule has 1 heterocycles. The Morgan fingerprint density at radius 3 is 2.31 bits per heavy atom. The molecule has 1 aliphatic heterocycles. The molecule has 3 aromatic rings. The topological polar surface area (TPSA) is 35.2 Å². The molecule has 0 saturated heterocycles. The van der Waals surface area contributed by atoms with Crippen LogP contribution in [0.15, 0.2) is 60.7 Å². The summed E-state index contributed by atoms with van der Waals surface area (Å²) in [7, 11) is 0. The van der Waals surface area contributed by atoms with E-state index in [-0.39, 0.29) is 5.56 Å². The summed E-state index contributed by atoms with van der Waals surface area (Å²) in [6.45, 7) is 0. The van der Waals surface area contributed by atoms with Crippen LogP contribution in [0.5, 0.6) is 5.75 Å². The molecule has 2 nitrogen and oxygen atoms in total. The highest BCUT2D eigenvalue weighted by molar-refractivity contribution is 5.66. The maximum atomic E-state index is 14.1. The predicted octanol–water partition coefficient (Wildman–Crippen LogP) is 4.77. The van der Waals surface area contributed by atoms with Gasteiger partial charge in [0.05, 0.1) is 6.04 Å². The van der Waals surface area contributed by atoms with E-state index in [9.17, 15) is 13.2 Å². The van der Waals surface area contributed by atoms with Crippen LogP contribution in [-0.2, 0) is 6.42 Å². The lowest BCUT2D eigenvalue weighted by Gasteiger charge is -2.32. The Kier molecular flexibility index (Phi) is 4.17. The van der Waals surface area contributed by atoms with Crippen LogP contribution in [0.25, 0.3) is 11.1 Å². The maximum absolute atomic E-state index is 14.1. The number of hydrogen-bond acceptors (Lipinski definition) is 2. The van der Waals surface area contributed by atoms with Gasteiger partial charge in [-0.15, -0.1) is 0 Å². The summed E-state index contributed by atoms with van der Waals surface area (Å²) in [5.41, 5.74) is 9.08. The van der Waals surface area contributed by atoms with Crippen molar-refractivity contribution in [1.82, 2.24) is 0 Å². The fourth-order valence-corrected chi connectivity index (χ4v) is 3.30. The van der Waals surface area contributed by atoms with Crippen molar-refractivity contribution in [1.29, 1.82) is 0 Å². The van der Waals surface area contributed by atoms with Crippen LogP contribution in [0.4, 0.5) is 13.2 Å². The monoisotopic (exact) mass is 355 g/mol. The zero-order valence-corrected chi connectivity index (χ0v) is 13.8. The highest BCUT2D eigenvalue weighted by Gasteiger charge is 2.31. The first-order valence-corrected chi connectivity index (χ1v) is 8.28. The molecule has 0 fully saturated rings. The van der Waals surface area contributed by atoms with Crippen LogP contribution in [0.3, 0.4) is 0 Å². The first-order valence-electron chi connectivity index (χ1n) is 8.28. The van der Waals surface area contributed by atoms with Gasteiger partial charge in [-0.3, -0.25) is 0 Å². The van der Waals surface area contributed by atoms with Crippen LogP contribution in [0.1, 0.15) is 17.2 Å². The summed E-state index contributed by atoms with van der Waals surface area (Å²) in [6.07, 6.45) is -0.431. The Bertz CT molecular complexity index is 959. The summed E-state index contributed by atoms with van der Waals surface area (Å²) in [5, 5.41) is 0. The second-order valence-electron chi connectivity index (χ2n) is 6.38. The van der Waals surface area contributed by atoms with Crippen molar-refractivity contribution >= 4 is 0 Å². The summed E-state index contributed by atoms with van der Waals surface area (Å²) in [6, 6.07) is 16.3. The molecule has 0 radical (unpaired) electrons. The van der Waals surface area contributed by atoms with E-state index >= 15 is 0 Å². The first kappa shape index (κ1) is 16.7.